The van der Waals surface area contributed by atoms with Gasteiger partial charge in [0, 0.05) is 55.9 Å². The first-order valence-electron chi connectivity index (χ1n) is 7.90. The molecule has 1 N–H and O–H groups in total. The van der Waals surface area contributed by atoms with Crippen LogP contribution in [0.4, 0.5) is 5.69 Å². The lowest BCUT2D eigenvalue weighted by molar-refractivity contribution is 0.322. The Morgan fingerprint density at radius 3 is 2.82 bits per heavy atom. The Morgan fingerprint density at radius 2 is 2.14 bits per heavy atom. The van der Waals surface area contributed by atoms with E-state index in [0.717, 1.165) is 31.0 Å². The van der Waals surface area contributed by atoms with E-state index in [1.165, 1.54) is 23.5 Å². The summed E-state index contributed by atoms with van der Waals surface area (Å²) >= 11 is 0. The van der Waals surface area contributed by atoms with Crippen molar-refractivity contribution in [2.45, 2.75) is 32.7 Å². The van der Waals surface area contributed by atoms with E-state index in [1.807, 2.05) is 0 Å². The lowest BCUT2D eigenvalue weighted by atomic mass is 10.0. The summed E-state index contributed by atoms with van der Waals surface area (Å²) in [4.78, 5) is 17.0. The van der Waals surface area contributed by atoms with E-state index >= 15 is 0 Å². The van der Waals surface area contributed by atoms with Gasteiger partial charge in [0.15, 0.2) is 0 Å². The van der Waals surface area contributed by atoms with Gasteiger partial charge in [-0.05, 0) is 38.9 Å². The molecule has 3 rings (SSSR count). The molecule has 0 amide bonds. The Balaban J connectivity index is 1.71. The molecule has 2 aromatic heterocycles. The van der Waals surface area contributed by atoms with Crippen LogP contribution in [0.2, 0.25) is 0 Å². The van der Waals surface area contributed by atoms with Gasteiger partial charge in [-0.25, -0.2) is 4.98 Å². The monoisotopic (exact) mass is 299 g/mol. The number of H-pyrrole nitrogens is 1. The van der Waals surface area contributed by atoms with Crippen molar-refractivity contribution in [2.75, 3.05) is 32.1 Å². The molecule has 0 unspecified atom stereocenters. The molecule has 1 aliphatic heterocycles. The highest BCUT2D eigenvalue weighted by molar-refractivity contribution is 5.47. The van der Waals surface area contributed by atoms with Crippen LogP contribution in [-0.4, -0.2) is 47.0 Å². The van der Waals surface area contributed by atoms with Crippen molar-refractivity contribution >= 4 is 5.69 Å². The van der Waals surface area contributed by atoms with Crippen molar-refractivity contribution < 1.29 is 0 Å². The van der Waals surface area contributed by atoms with Gasteiger partial charge < -0.3 is 9.88 Å². The van der Waals surface area contributed by atoms with Crippen LogP contribution < -0.4 is 4.90 Å². The highest BCUT2D eigenvalue weighted by Gasteiger charge is 2.26. The van der Waals surface area contributed by atoms with Crippen molar-refractivity contribution in [1.29, 1.82) is 0 Å². The normalized spacial score (nSPS) is 18.8. The number of rotatable bonds is 4. The second-order valence-electron chi connectivity index (χ2n) is 6.48. The van der Waals surface area contributed by atoms with Crippen LogP contribution in [0.25, 0.3) is 0 Å². The smallest absolute Gasteiger partial charge is 0.0925 e. The van der Waals surface area contributed by atoms with E-state index in [0.29, 0.717) is 5.92 Å². The van der Waals surface area contributed by atoms with Crippen molar-refractivity contribution in [3.05, 3.63) is 41.2 Å². The second-order valence-corrected chi connectivity index (χ2v) is 6.48. The maximum atomic E-state index is 4.77. The molecule has 3 heterocycles. The minimum atomic E-state index is 0.526. The molecule has 1 saturated heterocycles. The fraction of sp³-hybridized carbons (Fsp3) is 0.529. The molecule has 1 fully saturated rings. The van der Waals surface area contributed by atoms with Crippen LogP contribution in [-0.2, 0) is 6.54 Å². The van der Waals surface area contributed by atoms with Gasteiger partial charge in [0.1, 0.15) is 0 Å². The number of hydrogen-bond donors (Lipinski definition) is 1. The van der Waals surface area contributed by atoms with Crippen molar-refractivity contribution in [1.82, 2.24) is 19.9 Å². The van der Waals surface area contributed by atoms with Crippen molar-refractivity contribution in [3.63, 3.8) is 0 Å². The van der Waals surface area contributed by atoms with Gasteiger partial charge in [-0.2, -0.15) is 0 Å². The Hall–Kier alpha value is -1.88. The number of anilines is 1. The molecule has 2 aromatic rings. The molecule has 5 heteroatoms. The van der Waals surface area contributed by atoms with Gasteiger partial charge in [0.2, 0.25) is 0 Å². The highest BCUT2D eigenvalue weighted by atomic mass is 15.2. The average Bonchev–Trinajstić information content (AvgIpc) is 3.09. The van der Waals surface area contributed by atoms with E-state index in [9.17, 15) is 0 Å². The number of likely N-dealkylation sites (tertiary alicyclic amines) is 1. The minimum Gasteiger partial charge on any atom is -0.378 e. The number of aromatic nitrogens is 3. The van der Waals surface area contributed by atoms with E-state index in [2.05, 4.69) is 59.8 Å². The predicted molar refractivity (Wildman–Crippen MR) is 89.3 cm³/mol. The summed E-state index contributed by atoms with van der Waals surface area (Å²) in [5, 5.41) is 0. The number of aromatic amines is 1. The number of imidazole rings is 1. The standard InChI is InChI=1S/C17H25N5/c1-12-7-15(21(3)4)8-16(20-12)14-5-6-22(9-14)10-17-13(2)18-11-19-17/h7-8,11,14H,5-6,9-10H2,1-4H3,(H,18,19)/t14-/m1/s1. The van der Waals surface area contributed by atoms with Gasteiger partial charge >= 0.3 is 0 Å². The van der Waals surface area contributed by atoms with E-state index in [4.69, 9.17) is 4.98 Å². The van der Waals surface area contributed by atoms with Gasteiger partial charge in [-0.15, -0.1) is 0 Å². The predicted octanol–water partition coefficient (Wildman–Crippen LogP) is 2.48. The number of hydrogen-bond acceptors (Lipinski definition) is 4. The van der Waals surface area contributed by atoms with Gasteiger partial charge in [-0.1, -0.05) is 0 Å². The summed E-state index contributed by atoms with van der Waals surface area (Å²) in [7, 11) is 4.17. The molecule has 0 saturated carbocycles. The Kier molecular flexibility index (Phi) is 4.16. The summed E-state index contributed by atoms with van der Waals surface area (Å²) in [5.41, 5.74) is 5.90. The fourth-order valence-corrected chi connectivity index (χ4v) is 3.12. The summed E-state index contributed by atoms with van der Waals surface area (Å²) in [6.45, 7) is 7.27. The molecule has 0 spiro atoms. The molecule has 22 heavy (non-hydrogen) atoms. The summed E-state index contributed by atoms with van der Waals surface area (Å²) in [5.74, 6) is 0.526. The van der Waals surface area contributed by atoms with Crippen LogP contribution in [0.5, 0.6) is 0 Å². The summed E-state index contributed by atoms with van der Waals surface area (Å²) in [6.07, 6.45) is 2.95. The quantitative estimate of drug-likeness (QED) is 0.942. The number of nitrogens with one attached hydrogen (secondary N) is 1. The van der Waals surface area contributed by atoms with E-state index in [-0.39, 0.29) is 0 Å². The van der Waals surface area contributed by atoms with Gasteiger partial charge in [0.05, 0.1) is 12.0 Å². The zero-order valence-corrected chi connectivity index (χ0v) is 13.9. The molecule has 118 valence electrons. The van der Waals surface area contributed by atoms with E-state index in [1.54, 1.807) is 6.33 Å². The first-order valence-corrected chi connectivity index (χ1v) is 7.90. The summed E-state index contributed by atoms with van der Waals surface area (Å²) in [6, 6.07) is 4.38. The molecule has 5 nitrogen and oxygen atoms in total. The summed E-state index contributed by atoms with van der Waals surface area (Å²) < 4.78 is 0. The second kappa shape index (κ2) is 6.08. The number of pyridine rings is 1. The zero-order valence-electron chi connectivity index (χ0n) is 13.9. The lowest BCUT2D eigenvalue weighted by Gasteiger charge is -2.18. The highest BCUT2D eigenvalue weighted by Crippen LogP contribution is 2.29. The van der Waals surface area contributed by atoms with Crippen LogP contribution in [0.3, 0.4) is 0 Å². The number of nitrogens with zero attached hydrogens (tertiary/aromatic N) is 4. The molecular weight excluding hydrogens is 274 g/mol. The molecular formula is C17H25N5. The third kappa shape index (κ3) is 3.14. The third-order valence-electron chi connectivity index (χ3n) is 4.47. The molecule has 1 aliphatic rings. The van der Waals surface area contributed by atoms with Crippen LogP contribution in [0.1, 0.15) is 35.1 Å². The Bertz CT molecular complexity index is 646. The average molecular weight is 299 g/mol. The maximum Gasteiger partial charge on any atom is 0.0925 e. The zero-order chi connectivity index (χ0) is 15.7. The number of aryl methyl sites for hydroxylation is 2. The molecule has 0 aromatic carbocycles. The topological polar surface area (TPSA) is 48.0 Å². The Morgan fingerprint density at radius 1 is 1.32 bits per heavy atom. The minimum absolute atomic E-state index is 0.526. The Labute approximate surface area is 132 Å². The fourth-order valence-electron chi connectivity index (χ4n) is 3.12. The SMILES string of the molecule is Cc1cc(N(C)C)cc([C@@H]2CCN(Cc3nc[nH]c3C)C2)n1. The van der Waals surface area contributed by atoms with Gasteiger partial charge in [0.25, 0.3) is 0 Å². The first-order chi connectivity index (χ1) is 10.5. The largest absolute Gasteiger partial charge is 0.378 e. The van der Waals surface area contributed by atoms with Crippen LogP contribution in [0.15, 0.2) is 18.5 Å². The molecule has 0 bridgehead atoms. The first kappa shape index (κ1) is 15.0. The molecule has 1 atom stereocenters. The van der Waals surface area contributed by atoms with Crippen LogP contribution in [0, 0.1) is 13.8 Å². The molecule has 0 aliphatic carbocycles. The van der Waals surface area contributed by atoms with E-state index < -0.39 is 0 Å². The molecule has 0 radical (unpaired) electrons. The van der Waals surface area contributed by atoms with Crippen molar-refractivity contribution in [2.24, 2.45) is 0 Å². The lowest BCUT2D eigenvalue weighted by Crippen LogP contribution is -2.21. The van der Waals surface area contributed by atoms with Gasteiger partial charge in [-0.3, -0.25) is 9.88 Å². The maximum absolute atomic E-state index is 4.77. The van der Waals surface area contributed by atoms with Crippen LogP contribution >= 0.6 is 0 Å². The van der Waals surface area contributed by atoms with Crippen molar-refractivity contribution in [3.8, 4) is 0 Å². The third-order valence-corrected chi connectivity index (χ3v) is 4.47.